The van der Waals surface area contributed by atoms with Crippen LogP contribution in [-0.4, -0.2) is 24.9 Å². The highest BCUT2D eigenvalue weighted by Crippen LogP contribution is 2.39. The first-order chi connectivity index (χ1) is 6.71. The summed E-state index contributed by atoms with van der Waals surface area (Å²) in [6, 6.07) is 0. The number of hydrogen-bond acceptors (Lipinski definition) is 3. The van der Waals surface area contributed by atoms with E-state index in [1.165, 1.54) is 0 Å². The van der Waals surface area contributed by atoms with Gasteiger partial charge in [-0.3, -0.25) is 0 Å². The molecule has 15 heavy (non-hydrogen) atoms. The molecule has 0 aromatic carbocycles. The van der Waals surface area contributed by atoms with Gasteiger partial charge in [-0.2, -0.15) is 0 Å². The van der Waals surface area contributed by atoms with Crippen LogP contribution in [0.4, 0.5) is 4.39 Å². The lowest BCUT2D eigenvalue weighted by molar-refractivity contribution is 0.00578. The summed E-state index contributed by atoms with van der Waals surface area (Å²) in [5, 5.41) is 0. The number of halogens is 1. The Morgan fingerprint density at radius 3 is 1.93 bits per heavy atom. The summed E-state index contributed by atoms with van der Waals surface area (Å²) in [6.45, 7) is 9.36. The molecule has 1 rings (SSSR count). The molecule has 1 aliphatic rings. The molecule has 0 amide bonds. The zero-order valence-corrected chi connectivity index (χ0v) is 10.1. The van der Waals surface area contributed by atoms with Crippen LogP contribution in [0, 0.1) is 0 Å². The van der Waals surface area contributed by atoms with Gasteiger partial charge in [-0.05, 0) is 40.2 Å². The van der Waals surface area contributed by atoms with Crippen LogP contribution in [0.1, 0.15) is 34.6 Å². The van der Waals surface area contributed by atoms with Crippen molar-refractivity contribution in [3.63, 3.8) is 0 Å². The molecule has 0 aromatic rings. The van der Waals surface area contributed by atoms with Crippen LogP contribution in [0.5, 0.6) is 0 Å². The Kier molecular flexibility index (Phi) is 3.29. The highest BCUT2D eigenvalue weighted by Gasteiger charge is 2.53. The van der Waals surface area contributed by atoms with Gasteiger partial charge in [0.25, 0.3) is 0 Å². The molecule has 0 bridgehead atoms. The monoisotopic (exact) mass is 215 g/mol. The first kappa shape index (κ1) is 12.7. The van der Waals surface area contributed by atoms with Crippen LogP contribution in [0.15, 0.2) is 11.3 Å². The molecule has 0 spiro atoms. The fourth-order valence-corrected chi connectivity index (χ4v) is 1.25. The van der Waals surface area contributed by atoms with Gasteiger partial charge < -0.3 is 15.0 Å². The maximum atomic E-state index is 13.7. The number of rotatable bonds is 2. The highest BCUT2D eigenvalue weighted by molar-refractivity contribution is 6.53. The molecule has 0 aromatic heterocycles. The fraction of sp³-hybridized carbons (Fsp3) is 0.800. The third kappa shape index (κ3) is 2.24. The van der Waals surface area contributed by atoms with Gasteiger partial charge in [0, 0.05) is 6.54 Å². The Morgan fingerprint density at radius 2 is 1.60 bits per heavy atom. The third-order valence-corrected chi connectivity index (χ3v) is 3.17. The van der Waals surface area contributed by atoms with Gasteiger partial charge in [0.1, 0.15) is 5.73 Å². The van der Waals surface area contributed by atoms with Gasteiger partial charge in [-0.15, -0.1) is 0 Å². The molecule has 0 radical (unpaired) electrons. The zero-order valence-electron chi connectivity index (χ0n) is 10.1. The first-order valence-corrected chi connectivity index (χ1v) is 5.12. The molecule has 2 N–H and O–H groups in total. The van der Waals surface area contributed by atoms with Gasteiger partial charge in [0.2, 0.25) is 0 Å². The van der Waals surface area contributed by atoms with Crippen LogP contribution in [0.2, 0.25) is 0 Å². The Morgan fingerprint density at radius 1 is 1.20 bits per heavy atom. The Labute approximate surface area is 91.0 Å². The van der Waals surface area contributed by atoms with Crippen LogP contribution in [0.25, 0.3) is 0 Å². The van der Waals surface area contributed by atoms with Gasteiger partial charge in [-0.1, -0.05) is 0 Å². The zero-order chi connectivity index (χ0) is 11.9. The first-order valence-electron chi connectivity index (χ1n) is 5.12. The Hall–Kier alpha value is -0.385. The minimum Gasteiger partial charge on any atom is -0.398 e. The van der Waals surface area contributed by atoms with Crippen molar-refractivity contribution in [2.75, 3.05) is 6.54 Å². The van der Waals surface area contributed by atoms with E-state index < -0.39 is 24.0 Å². The standard InChI is InChI=1S/C10H19BFNO2/c1-7(6-13)8(12)11-14-9(2,3)10(4,5)15-11/h6,13H2,1-5H3. The maximum Gasteiger partial charge on any atom is 0.525 e. The van der Waals surface area contributed by atoms with E-state index in [4.69, 9.17) is 15.0 Å². The second-order valence-corrected chi connectivity index (χ2v) is 4.92. The summed E-state index contributed by atoms with van der Waals surface area (Å²) < 4.78 is 24.8. The summed E-state index contributed by atoms with van der Waals surface area (Å²) in [7, 11) is -0.918. The predicted molar refractivity (Wildman–Crippen MR) is 58.9 cm³/mol. The minimum absolute atomic E-state index is 0.176. The van der Waals surface area contributed by atoms with Gasteiger partial charge in [-0.25, -0.2) is 4.39 Å². The number of hydrogen-bond donors (Lipinski definition) is 1. The van der Waals surface area contributed by atoms with Crippen molar-refractivity contribution >= 4 is 7.12 Å². The maximum absolute atomic E-state index is 13.7. The summed E-state index contributed by atoms with van der Waals surface area (Å²) in [5.74, 6) is 0. The molecule has 1 saturated heterocycles. The largest absolute Gasteiger partial charge is 0.525 e. The SMILES string of the molecule is CC(CN)=C(F)B1OC(C)(C)C(C)(C)O1. The van der Waals surface area contributed by atoms with Crippen molar-refractivity contribution in [3.05, 3.63) is 11.3 Å². The molecule has 86 valence electrons. The molecule has 0 aliphatic carbocycles. The summed E-state index contributed by atoms with van der Waals surface area (Å²) >= 11 is 0. The van der Waals surface area contributed by atoms with Gasteiger partial charge in [0.15, 0.2) is 0 Å². The molecule has 1 aliphatic heterocycles. The fourth-order valence-electron chi connectivity index (χ4n) is 1.25. The molecule has 3 nitrogen and oxygen atoms in total. The van der Waals surface area contributed by atoms with E-state index in [1.54, 1.807) is 6.92 Å². The average Bonchev–Trinajstić information content (AvgIpc) is 2.33. The van der Waals surface area contributed by atoms with Gasteiger partial charge in [0.05, 0.1) is 11.2 Å². The number of nitrogens with two attached hydrogens (primary N) is 1. The van der Waals surface area contributed by atoms with E-state index in [0.717, 1.165) is 0 Å². The van der Waals surface area contributed by atoms with Crippen molar-refractivity contribution in [2.45, 2.75) is 45.8 Å². The summed E-state index contributed by atoms with van der Waals surface area (Å²) in [5.41, 5.74) is 4.41. The Balaban J connectivity index is 2.89. The van der Waals surface area contributed by atoms with Gasteiger partial charge >= 0.3 is 7.12 Å². The van der Waals surface area contributed by atoms with Crippen molar-refractivity contribution in [2.24, 2.45) is 5.73 Å². The van der Waals surface area contributed by atoms with Crippen LogP contribution in [-0.2, 0) is 9.31 Å². The second-order valence-electron chi connectivity index (χ2n) is 4.92. The van der Waals surface area contributed by atoms with E-state index in [9.17, 15) is 4.39 Å². The molecular weight excluding hydrogens is 196 g/mol. The molecule has 0 atom stereocenters. The van der Waals surface area contributed by atoms with E-state index in [1.807, 2.05) is 27.7 Å². The quantitative estimate of drug-likeness (QED) is 0.714. The van der Waals surface area contributed by atoms with E-state index >= 15 is 0 Å². The van der Waals surface area contributed by atoms with E-state index in [0.29, 0.717) is 5.57 Å². The topological polar surface area (TPSA) is 44.5 Å². The van der Waals surface area contributed by atoms with E-state index in [2.05, 4.69) is 0 Å². The molecule has 1 fully saturated rings. The molecule has 0 saturated carbocycles. The lowest BCUT2D eigenvalue weighted by Crippen LogP contribution is -2.41. The summed E-state index contributed by atoms with van der Waals surface area (Å²) in [6.07, 6.45) is 0. The van der Waals surface area contributed by atoms with E-state index in [-0.39, 0.29) is 6.54 Å². The minimum atomic E-state index is -0.918. The summed E-state index contributed by atoms with van der Waals surface area (Å²) in [4.78, 5) is 0. The normalized spacial score (nSPS) is 25.4. The van der Waals surface area contributed by atoms with Crippen molar-refractivity contribution < 1.29 is 13.7 Å². The lowest BCUT2D eigenvalue weighted by atomic mass is 9.85. The smallest absolute Gasteiger partial charge is 0.398 e. The third-order valence-electron chi connectivity index (χ3n) is 3.17. The molecule has 0 unspecified atom stereocenters. The van der Waals surface area contributed by atoms with Crippen molar-refractivity contribution in [1.29, 1.82) is 0 Å². The molecule has 1 heterocycles. The molecule has 5 heteroatoms. The van der Waals surface area contributed by atoms with Crippen LogP contribution < -0.4 is 5.73 Å². The van der Waals surface area contributed by atoms with Crippen LogP contribution >= 0.6 is 0 Å². The molecular formula is C10H19BFNO2. The Bertz CT molecular complexity index is 273. The lowest BCUT2D eigenvalue weighted by Gasteiger charge is -2.32. The van der Waals surface area contributed by atoms with Crippen LogP contribution in [0.3, 0.4) is 0 Å². The van der Waals surface area contributed by atoms with Crippen molar-refractivity contribution in [3.8, 4) is 0 Å². The average molecular weight is 215 g/mol. The highest BCUT2D eigenvalue weighted by atomic mass is 19.1. The second kappa shape index (κ2) is 3.89. The van der Waals surface area contributed by atoms with Crippen molar-refractivity contribution in [1.82, 2.24) is 0 Å². The predicted octanol–water partition coefficient (Wildman–Crippen LogP) is 1.82.